The Bertz CT molecular complexity index is 1250. The Balaban J connectivity index is 1.33. The molecule has 1 aliphatic heterocycles. The molecule has 1 aromatic heterocycles. The highest BCUT2D eigenvalue weighted by atomic mass is 19.4. The van der Waals surface area contributed by atoms with Crippen molar-refractivity contribution in [3.8, 4) is 0 Å². The predicted octanol–water partition coefficient (Wildman–Crippen LogP) is 2.79. The number of carbonyl (C=O) groups is 2. The molecule has 2 heterocycles. The minimum Gasteiger partial charge on any atom is -0.339 e. The van der Waals surface area contributed by atoms with Crippen LogP contribution in [0.5, 0.6) is 0 Å². The molecule has 0 radical (unpaired) electrons. The lowest BCUT2D eigenvalue weighted by Gasteiger charge is -2.35. The zero-order chi connectivity index (χ0) is 23.6. The van der Waals surface area contributed by atoms with E-state index >= 15 is 0 Å². The number of amides is 2. The molecule has 7 nitrogen and oxygen atoms in total. The van der Waals surface area contributed by atoms with Crippen molar-refractivity contribution in [2.24, 2.45) is 0 Å². The summed E-state index contributed by atoms with van der Waals surface area (Å²) in [5.41, 5.74) is -0.537. The molecule has 4 rings (SSSR count). The van der Waals surface area contributed by atoms with E-state index in [9.17, 15) is 27.6 Å². The van der Waals surface area contributed by atoms with Gasteiger partial charge in [0.1, 0.15) is 0 Å². The third-order valence-corrected chi connectivity index (χ3v) is 5.65. The summed E-state index contributed by atoms with van der Waals surface area (Å²) in [7, 11) is 0. The van der Waals surface area contributed by atoms with Crippen LogP contribution in [-0.4, -0.2) is 57.3 Å². The molecular formula is C23H21F3N4O3. The van der Waals surface area contributed by atoms with Crippen LogP contribution in [0.1, 0.15) is 22.3 Å². The number of alkyl halides is 3. The molecule has 0 atom stereocenters. The number of aromatic nitrogens is 2. The van der Waals surface area contributed by atoms with Crippen molar-refractivity contribution in [2.75, 3.05) is 26.2 Å². The number of nitrogens with zero attached hydrogens (tertiary/aromatic N) is 4. The number of hydrogen-bond donors (Lipinski definition) is 0. The van der Waals surface area contributed by atoms with Gasteiger partial charge in [-0.1, -0.05) is 18.2 Å². The second kappa shape index (κ2) is 9.05. The van der Waals surface area contributed by atoms with Crippen LogP contribution in [0.3, 0.4) is 0 Å². The monoisotopic (exact) mass is 458 g/mol. The molecule has 0 spiro atoms. The van der Waals surface area contributed by atoms with Gasteiger partial charge in [-0.15, -0.1) is 0 Å². The maximum atomic E-state index is 12.9. The van der Waals surface area contributed by atoms with Crippen LogP contribution in [-0.2, 0) is 17.5 Å². The highest BCUT2D eigenvalue weighted by Crippen LogP contribution is 2.29. The molecule has 1 saturated heterocycles. The van der Waals surface area contributed by atoms with Crippen LogP contribution < -0.4 is 5.56 Å². The van der Waals surface area contributed by atoms with Crippen LogP contribution in [0, 0.1) is 0 Å². The van der Waals surface area contributed by atoms with Gasteiger partial charge in [-0.2, -0.15) is 13.2 Å². The molecule has 3 aromatic rings. The lowest BCUT2D eigenvalue weighted by molar-refractivity contribution is -0.137. The van der Waals surface area contributed by atoms with E-state index in [4.69, 9.17) is 0 Å². The van der Waals surface area contributed by atoms with Gasteiger partial charge >= 0.3 is 6.18 Å². The van der Waals surface area contributed by atoms with E-state index < -0.39 is 17.6 Å². The largest absolute Gasteiger partial charge is 0.416 e. The number of para-hydroxylation sites is 1. The lowest BCUT2D eigenvalue weighted by atomic mass is 10.1. The highest BCUT2D eigenvalue weighted by Gasteiger charge is 2.32. The summed E-state index contributed by atoms with van der Waals surface area (Å²) in [6.45, 7) is 1.16. The summed E-state index contributed by atoms with van der Waals surface area (Å²) >= 11 is 0. The molecular weight excluding hydrogens is 437 g/mol. The summed E-state index contributed by atoms with van der Waals surface area (Å²) in [6.07, 6.45) is -3.00. The number of piperazine rings is 1. The Morgan fingerprint density at radius 2 is 1.64 bits per heavy atom. The normalized spacial score (nSPS) is 14.5. The van der Waals surface area contributed by atoms with Crippen molar-refractivity contribution in [3.05, 3.63) is 76.3 Å². The number of hydrogen-bond acceptors (Lipinski definition) is 4. The van der Waals surface area contributed by atoms with Gasteiger partial charge in [0, 0.05) is 44.7 Å². The first-order valence-electron chi connectivity index (χ1n) is 10.4. The molecule has 0 bridgehead atoms. The van der Waals surface area contributed by atoms with Gasteiger partial charge in [0.15, 0.2) is 0 Å². The van der Waals surface area contributed by atoms with Crippen LogP contribution >= 0.6 is 0 Å². The molecule has 2 amide bonds. The second-order valence-electron chi connectivity index (χ2n) is 7.76. The van der Waals surface area contributed by atoms with Gasteiger partial charge in [-0.3, -0.25) is 19.0 Å². The fourth-order valence-electron chi connectivity index (χ4n) is 3.81. The fraction of sp³-hybridized carbons (Fsp3) is 0.304. The molecule has 1 fully saturated rings. The van der Waals surface area contributed by atoms with E-state index in [-0.39, 0.29) is 56.2 Å². The number of benzene rings is 2. The van der Waals surface area contributed by atoms with E-state index in [0.29, 0.717) is 10.9 Å². The summed E-state index contributed by atoms with van der Waals surface area (Å²) in [5, 5.41) is 0.481. The van der Waals surface area contributed by atoms with Gasteiger partial charge < -0.3 is 9.80 Å². The Kier molecular flexibility index (Phi) is 6.17. The Labute approximate surface area is 187 Å². The second-order valence-corrected chi connectivity index (χ2v) is 7.76. The van der Waals surface area contributed by atoms with E-state index in [2.05, 4.69) is 4.98 Å². The summed E-state index contributed by atoms with van der Waals surface area (Å²) < 4.78 is 40.1. The van der Waals surface area contributed by atoms with E-state index in [0.717, 1.165) is 12.1 Å². The first-order valence-corrected chi connectivity index (χ1v) is 10.4. The maximum absolute atomic E-state index is 12.9. The Morgan fingerprint density at radius 1 is 0.939 bits per heavy atom. The minimum absolute atomic E-state index is 0.0345. The number of halogens is 3. The van der Waals surface area contributed by atoms with E-state index in [1.54, 1.807) is 29.2 Å². The number of fused-ring (bicyclic) bond motifs is 1. The highest BCUT2D eigenvalue weighted by molar-refractivity contribution is 5.94. The van der Waals surface area contributed by atoms with Gasteiger partial charge in [0.05, 0.1) is 22.8 Å². The summed E-state index contributed by atoms with van der Waals surface area (Å²) in [6, 6.07) is 11.3. The van der Waals surface area contributed by atoms with Crippen LogP contribution in [0.25, 0.3) is 10.9 Å². The van der Waals surface area contributed by atoms with E-state index in [1.165, 1.54) is 27.9 Å². The smallest absolute Gasteiger partial charge is 0.339 e. The van der Waals surface area contributed by atoms with Crippen molar-refractivity contribution >= 4 is 22.7 Å². The van der Waals surface area contributed by atoms with Crippen molar-refractivity contribution in [1.29, 1.82) is 0 Å². The van der Waals surface area contributed by atoms with Crippen LogP contribution in [0.15, 0.2) is 59.7 Å². The third-order valence-electron chi connectivity index (χ3n) is 5.65. The summed E-state index contributed by atoms with van der Waals surface area (Å²) in [4.78, 5) is 45.0. The Hall–Kier alpha value is -3.69. The van der Waals surface area contributed by atoms with E-state index in [1.807, 2.05) is 0 Å². The SMILES string of the molecule is O=C(CCn1cnc2ccccc2c1=O)N1CCN(C(=O)c2cccc(C(F)(F)F)c2)CC1. The zero-order valence-electron chi connectivity index (χ0n) is 17.6. The van der Waals surface area contributed by atoms with Gasteiger partial charge in [-0.05, 0) is 30.3 Å². The number of aryl methyl sites for hydroxylation is 1. The fourth-order valence-corrected chi connectivity index (χ4v) is 3.81. The number of carbonyl (C=O) groups excluding carboxylic acids is 2. The molecule has 0 N–H and O–H groups in total. The topological polar surface area (TPSA) is 75.5 Å². The van der Waals surface area contributed by atoms with Crippen molar-refractivity contribution in [1.82, 2.24) is 19.4 Å². The lowest BCUT2D eigenvalue weighted by Crippen LogP contribution is -2.50. The molecule has 10 heteroatoms. The zero-order valence-corrected chi connectivity index (χ0v) is 17.6. The summed E-state index contributed by atoms with van der Waals surface area (Å²) in [5.74, 6) is -0.664. The van der Waals surface area contributed by atoms with Crippen molar-refractivity contribution < 1.29 is 22.8 Å². The first kappa shape index (κ1) is 22.5. The van der Waals surface area contributed by atoms with Gasteiger partial charge in [0.2, 0.25) is 5.91 Å². The molecule has 33 heavy (non-hydrogen) atoms. The molecule has 0 saturated carbocycles. The molecule has 0 unspecified atom stereocenters. The van der Waals surface area contributed by atoms with Crippen molar-refractivity contribution in [3.63, 3.8) is 0 Å². The van der Waals surface area contributed by atoms with Crippen LogP contribution in [0.2, 0.25) is 0 Å². The predicted molar refractivity (Wildman–Crippen MR) is 115 cm³/mol. The standard InChI is InChI=1S/C23H21F3N4O3/c24-23(25,26)17-5-3-4-16(14-17)21(32)29-12-10-28(11-13-29)20(31)8-9-30-15-27-19-7-2-1-6-18(19)22(30)33/h1-7,14-15H,8-13H2. The average molecular weight is 458 g/mol. The van der Waals surface area contributed by atoms with Gasteiger partial charge in [-0.25, -0.2) is 4.98 Å². The minimum atomic E-state index is -4.52. The van der Waals surface area contributed by atoms with Gasteiger partial charge in [0.25, 0.3) is 11.5 Å². The molecule has 172 valence electrons. The molecule has 0 aliphatic carbocycles. The number of rotatable bonds is 4. The quantitative estimate of drug-likeness (QED) is 0.603. The van der Waals surface area contributed by atoms with Crippen LogP contribution in [0.4, 0.5) is 13.2 Å². The third kappa shape index (κ3) is 4.89. The first-order chi connectivity index (χ1) is 15.7. The Morgan fingerprint density at radius 3 is 2.36 bits per heavy atom. The average Bonchev–Trinajstić information content (AvgIpc) is 2.83. The maximum Gasteiger partial charge on any atom is 0.416 e. The molecule has 1 aliphatic rings. The van der Waals surface area contributed by atoms with Crippen molar-refractivity contribution in [2.45, 2.75) is 19.1 Å². The molecule has 2 aromatic carbocycles.